The van der Waals surface area contributed by atoms with Crippen molar-refractivity contribution in [2.75, 3.05) is 18.8 Å². The van der Waals surface area contributed by atoms with Gasteiger partial charge in [0.2, 0.25) is 0 Å². The molecular weight excluding hydrogens is 380 g/mol. The van der Waals surface area contributed by atoms with Crippen molar-refractivity contribution in [3.8, 4) is 0 Å². The third kappa shape index (κ3) is 4.79. The fourth-order valence-electron chi connectivity index (χ4n) is 3.37. The molecule has 1 fully saturated rings. The molecule has 1 heterocycles. The van der Waals surface area contributed by atoms with E-state index in [0.29, 0.717) is 16.7 Å². The van der Waals surface area contributed by atoms with Gasteiger partial charge in [0.25, 0.3) is 0 Å². The molecule has 26 heavy (non-hydrogen) atoms. The minimum atomic E-state index is -4.61. The van der Waals surface area contributed by atoms with E-state index >= 15 is 0 Å². The molecule has 0 aliphatic carbocycles. The van der Waals surface area contributed by atoms with Crippen LogP contribution in [0.15, 0.2) is 17.0 Å². The maximum absolute atomic E-state index is 13.7. The molecule has 2 nitrogen and oxygen atoms in total. The largest absolute Gasteiger partial charge is 0.400 e. The first-order valence-corrected chi connectivity index (χ1v) is 9.49. The van der Waals surface area contributed by atoms with Gasteiger partial charge in [0.15, 0.2) is 0 Å². The average molecular weight is 401 g/mol. The highest BCUT2D eigenvalue weighted by atomic mass is 32.2. The van der Waals surface area contributed by atoms with Gasteiger partial charge in [-0.2, -0.15) is 26.3 Å². The first-order valence-electron chi connectivity index (χ1n) is 8.17. The van der Waals surface area contributed by atoms with Crippen molar-refractivity contribution in [2.45, 2.75) is 50.4 Å². The standard InChI is InChI=1S/C17H21F6NOS/c1-11-7-12(2)14(26(25)10-16(18,19)20)8-13(11)9-15(17(21,22)23)3-5-24-6-4-15/h7-8,24H,3-6,9-10H2,1-2H3. The summed E-state index contributed by atoms with van der Waals surface area (Å²) >= 11 is 0. The molecule has 0 saturated carbocycles. The molecule has 0 aromatic heterocycles. The summed E-state index contributed by atoms with van der Waals surface area (Å²) in [6.07, 6.45) is -9.53. The molecule has 1 N–H and O–H groups in total. The first-order chi connectivity index (χ1) is 11.8. The minimum Gasteiger partial charge on any atom is -0.317 e. The Morgan fingerprint density at radius 2 is 1.62 bits per heavy atom. The number of alkyl halides is 6. The molecule has 0 spiro atoms. The van der Waals surface area contributed by atoms with Crippen LogP contribution in [0.3, 0.4) is 0 Å². The smallest absolute Gasteiger partial charge is 0.317 e. The van der Waals surface area contributed by atoms with E-state index in [1.807, 2.05) is 0 Å². The highest BCUT2D eigenvalue weighted by molar-refractivity contribution is 7.85. The Balaban J connectivity index is 2.40. The summed E-state index contributed by atoms with van der Waals surface area (Å²) in [7, 11) is -2.34. The Hall–Kier alpha value is -1.09. The van der Waals surface area contributed by atoms with Gasteiger partial charge in [-0.25, -0.2) is 0 Å². The zero-order valence-electron chi connectivity index (χ0n) is 14.5. The van der Waals surface area contributed by atoms with Crippen molar-refractivity contribution in [3.63, 3.8) is 0 Å². The summed E-state index contributed by atoms with van der Waals surface area (Å²) in [5.41, 5.74) is -0.654. The zero-order valence-corrected chi connectivity index (χ0v) is 15.3. The lowest BCUT2D eigenvalue weighted by Crippen LogP contribution is -2.48. The Bertz CT molecular complexity index is 677. The van der Waals surface area contributed by atoms with Gasteiger partial charge in [-0.05, 0) is 69.0 Å². The average Bonchev–Trinajstić information content (AvgIpc) is 2.48. The van der Waals surface area contributed by atoms with E-state index < -0.39 is 34.3 Å². The number of hydrogen-bond donors (Lipinski definition) is 1. The fourth-order valence-corrected chi connectivity index (χ4v) is 4.51. The predicted octanol–water partition coefficient (Wildman–Crippen LogP) is 4.45. The molecule has 0 bridgehead atoms. The van der Waals surface area contributed by atoms with Gasteiger partial charge < -0.3 is 5.32 Å². The Morgan fingerprint density at radius 1 is 1.04 bits per heavy atom. The topological polar surface area (TPSA) is 29.1 Å². The van der Waals surface area contributed by atoms with Gasteiger partial charge in [0, 0.05) is 4.90 Å². The Kier molecular flexibility index (Phi) is 6.12. The molecule has 2 rings (SSSR count). The number of aryl methyl sites for hydroxylation is 2. The van der Waals surface area contributed by atoms with E-state index in [1.54, 1.807) is 6.92 Å². The molecule has 1 saturated heterocycles. The number of hydrogen-bond acceptors (Lipinski definition) is 2. The van der Waals surface area contributed by atoms with Crippen molar-refractivity contribution in [1.29, 1.82) is 0 Å². The van der Waals surface area contributed by atoms with Crippen LogP contribution >= 0.6 is 0 Å². The van der Waals surface area contributed by atoms with Gasteiger partial charge >= 0.3 is 12.4 Å². The van der Waals surface area contributed by atoms with Gasteiger partial charge in [0.1, 0.15) is 5.75 Å². The number of nitrogens with one attached hydrogen (secondary N) is 1. The molecule has 0 radical (unpaired) electrons. The Labute approximate surface area is 150 Å². The quantitative estimate of drug-likeness (QED) is 0.756. The lowest BCUT2D eigenvalue weighted by atomic mass is 9.73. The van der Waals surface area contributed by atoms with E-state index in [9.17, 15) is 30.6 Å². The molecule has 1 aromatic rings. The number of piperidine rings is 1. The van der Waals surface area contributed by atoms with Crippen LogP contribution in [0.2, 0.25) is 0 Å². The maximum Gasteiger partial charge on any atom is 0.400 e. The molecular formula is C17H21F6NOS. The Morgan fingerprint density at radius 3 is 2.12 bits per heavy atom. The predicted molar refractivity (Wildman–Crippen MR) is 87.5 cm³/mol. The molecule has 9 heteroatoms. The zero-order chi connectivity index (χ0) is 19.8. The van der Waals surface area contributed by atoms with E-state index in [1.165, 1.54) is 19.1 Å². The lowest BCUT2D eigenvalue weighted by molar-refractivity contribution is -0.232. The molecule has 1 unspecified atom stereocenters. The highest BCUT2D eigenvalue weighted by Crippen LogP contribution is 2.48. The molecule has 148 valence electrons. The molecule has 0 amide bonds. The van der Waals surface area contributed by atoms with Crippen LogP contribution in [0.1, 0.15) is 29.5 Å². The van der Waals surface area contributed by atoms with E-state index in [-0.39, 0.29) is 37.2 Å². The molecule has 1 aliphatic heterocycles. The van der Waals surface area contributed by atoms with Crippen molar-refractivity contribution >= 4 is 10.8 Å². The van der Waals surface area contributed by atoms with Crippen molar-refractivity contribution in [2.24, 2.45) is 5.41 Å². The van der Waals surface area contributed by atoms with Gasteiger partial charge in [-0.1, -0.05) is 6.07 Å². The van der Waals surface area contributed by atoms with Crippen LogP contribution in [-0.2, 0) is 17.2 Å². The second kappa shape index (κ2) is 7.50. The molecule has 1 atom stereocenters. The first kappa shape index (κ1) is 21.2. The summed E-state index contributed by atoms with van der Waals surface area (Å²) in [4.78, 5) is -0.0471. The van der Waals surface area contributed by atoms with Crippen LogP contribution in [0.25, 0.3) is 0 Å². The van der Waals surface area contributed by atoms with Crippen LogP contribution < -0.4 is 5.32 Å². The van der Waals surface area contributed by atoms with Gasteiger partial charge in [0.05, 0.1) is 16.2 Å². The third-order valence-corrected chi connectivity index (χ3v) is 6.38. The van der Waals surface area contributed by atoms with E-state index in [0.717, 1.165) is 0 Å². The second-order valence-electron chi connectivity index (χ2n) is 6.85. The number of benzene rings is 1. The normalized spacial score (nSPS) is 19.4. The molecule has 1 aliphatic rings. The van der Waals surface area contributed by atoms with Crippen molar-refractivity contribution in [3.05, 3.63) is 28.8 Å². The summed E-state index contributed by atoms with van der Waals surface area (Å²) in [5.74, 6) is -1.51. The molecule has 1 aromatic carbocycles. The summed E-state index contributed by atoms with van der Waals surface area (Å²) in [6, 6.07) is 2.78. The summed E-state index contributed by atoms with van der Waals surface area (Å²) in [6.45, 7) is 3.61. The SMILES string of the molecule is Cc1cc(C)c(S(=O)CC(F)(F)F)cc1CC1(C(F)(F)F)CCNCC1. The number of rotatable bonds is 4. The maximum atomic E-state index is 13.7. The monoisotopic (exact) mass is 401 g/mol. The lowest BCUT2D eigenvalue weighted by Gasteiger charge is -2.39. The summed E-state index contributed by atoms with van der Waals surface area (Å²) < 4.78 is 90.9. The van der Waals surface area contributed by atoms with Crippen LogP contribution in [0, 0.1) is 19.3 Å². The highest BCUT2D eigenvalue weighted by Gasteiger charge is 2.54. The van der Waals surface area contributed by atoms with Crippen molar-refractivity contribution in [1.82, 2.24) is 5.32 Å². The minimum absolute atomic E-state index is 0.0471. The van der Waals surface area contributed by atoms with Crippen LogP contribution in [0.4, 0.5) is 26.3 Å². The van der Waals surface area contributed by atoms with Crippen LogP contribution in [-0.4, -0.2) is 35.4 Å². The van der Waals surface area contributed by atoms with E-state index in [2.05, 4.69) is 5.32 Å². The van der Waals surface area contributed by atoms with E-state index in [4.69, 9.17) is 0 Å². The third-order valence-electron chi connectivity index (χ3n) is 4.86. The van der Waals surface area contributed by atoms with Crippen molar-refractivity contribution < 1.29 is 30.6 Å². The summed E-state index contributed by atoms with van der Waals surface area (Å²) in [5, 5.41) is 2.90. The van der Waals surface area contributed by atoms with Gasteiger partial charge in [-0.15, -0.1) is 0 Å². The second-order valence-corrected chi connectivity index (χ2v) is 8.27. The van der Waals surface area contributed by atoms with Gasteiger partial charge in [-0.3, -0.25) is 4.21 Å². The van der Waals surface area contributed by atoms with Crippen LogP contribution in [0.5, 0.6) is 0 Å². The number of halogens is 6. The fraction of sp³-hybridized carbons (Fsp3) is 0.647.